The molecule has 0 aliphatic heterocycles. The van der Waals surface area contributed by atoms with E-state index in [9.17, 15) is 9.59 Å². The Morgan fingerprint density at radius 2 is 2.04 bits per heavy atom. The topological polar surface area (TPSA) is 92.2 Å². The van der Waals surface area contributed by atoms with Gasteiger partial charge in [-0.25, -0.2) is 14.8 Å². The van der Waals surface area contributed by atoms with Gasteiger partial charge in [-0.2, -0.15) is 0 Å². The zero-order chi connectivity index (χ0) is 16.8. The lowest BCUT2D eigenvalue weighted by Gasteiger charge is -2.14. The number of nitrogens with zero attached hydrogens (tertiary/aromatic N) is 2. The Kier molecular flexibility index (Phi) is 5.95. The predicted octanol–water partition coefficient (Wildman–Crippen LogP) is 3.34. The lowest BCUT2D eigenvalue weighted by molar-refractivity contribution is -0.115. The molecule has 0 saturated heterocycles. The molecule has 8 heteroatoms. The first-order chi connectivity index (χ1) is 11.0. The van der Waals surface area contributed by atoms with Crippen molar-refractivity contribution in [2.24, 2.45) is 0 Å². The Morgan fingerprint density at radius 1 is 1.35 bits per heavy atom. The van der Waals surface area contributed by atoms with Gasteiger partial charge in [0, 0.05) is 12.4 Å². The number of rotatable bonds is 6. The molecule has 1 unspecified atom stereocenters. The van der Waals surface area contributed by atoms with Crippen LogP contribution in [0.4, 0.5) is 5.69 Å². The van der Waals surface area contributed by atoms with Crippen LogP contribution < -0.4 is 5.32 Å². The monoisotopic (exact) mass is 351 g/mol. The van der Waals surface area contributed by atoms with E-state index in [-0.39, 0.29) is 22.2 Å². The van der Waals surface area contributed by atoms with E-state index in [1.807, 2.05) is 6.92 Å². The van der Waals surface area contributed by atoms with Crippen molar-refractivity contribution in [1.29, 1.82) is 0 Å². The van der Waals surface area contributed by atoms with Crippen molar-refractivity contribution in [3.8, 4) is 0 Å². The summed E-state index contributed by atoms with van der Waals surface area (Å²) in [4.78, 5) is 31.6. The number of nitrogens with one attached hydrogen (secondary N) is 1. The minimum atomic E-state index is -1.09. The first-order valence-electron chi connectivity index (χ1n) is 6.78. The second kappa shape index (κ2) is 7.94. The molecule has 2 N–H and O–H groups in total. The zero-order valence-electron chi connectivity index (χ0n) is 12.2. The van der Waals surface area contributed by atoms with Crippen LogP contribution in [0.1, 0.15) is 23.7 Å². The minimum absolute atomic E-state index is 0.0526. The number of anilines is 1. The molecule has 0 fully saturated rings. The summed E-state index contributed by atoms with van der Waals surface area (Å²) in [5.74, 6) is -1.37. The number of benzene rings is 1. The molecular formula is C15H14ClN3O3S. The van der Waals surface area contributed by atoms with Crippen LogP contribution in [-0.4, -0.2) is 32.2 Å². The fourth-order valence-corrected chi connectivity index (χ4v) is 2.76. The summed E-state index contributed by atoms with van der Waals surface area (Å²) in [5.41, 5.74) is 0.321. The van der Waals surface area contributed by atoms with Crippen molar-refractivity contribution < 1.29 is 14.7 Å². The molecule has 1 aromatic carbocycles. The van der Waals surface area contributed by atoms with Gasteiger partial charge in [0.1, 0.15) is 0 Å². The van der Waals surface area contributed by atoms with Gasteiger partial charge >= 0.3 is 5.97 Å². The Morgan fingerprint density at radius 3 is 2.65 bits per heavy atom. The third-order valence-corrected chi connectivity index (χ3v) is 4.51. The lowest BCUT2D eigenvalue weighted by Crippen LogP contribution is -2.25. The zero-order valence-corrected chi connectivity index (χ0v) is 13.8. The third-order valence-electron chi connectivity index (χ3n) is 2.92. The molecule has 0 bridgehead atoms. The summed E-state index contributed by atoms with van der Waals surface area (Å²) in [5, 5.41) is 12.0. The Hall–Kier alpha value is -2.12. The van der Waals surface area contributed by atoms with Gasteiger partial charge < -0.3 is 10.4 Å². The number of carboxylic acid groups (broad SMARTS) is 1. The molecular weight excluding hydrogens is 338 g/mol. The Bertz CT molecular complexity index is 712. The van der Waals surface area contributed by atoms with Gasteiger partial charge in [-0.05, 0) is 30.7 Å². The lowest BCUT2D eigenvalue weighted by atomic mass is 10.2. The number of aromatic nitrogens is 2. The molecule has 120 valence electrons. The summed E-state index contributed by atoms with van der Waals surface area (Å²) >= 11 is 7.25. The van der Waals surface area contributed by atoms with Gasteiger partial charge in [-0.15, -0.1) is 0 Å². The summed E-state index contributed by atoms with van der Waals surface area (Å²) < 4.78 is 0. The first kappa shape index (κ1) is 17.2. The van der Waals surface area contributed by atoms with Crippen LogP contribution in [0.15, 0.2) is 41.8 Å². The fraction of sp³-hybridized carbons (Fsp3) is 0.200. The second-order valence-electron chi connectivity index (χ2n) is 4.54. The van der Waals surface area contributed by atoms with Crippen LogP contribution in [0.5, 0.6) is 0 Å². The summed E-state index contributed by atoms with van der Waals surface area (Å²) in [7, 11) is 0. The molecule has 1 heterocycles. The van der Waals surface area contributed by atoms with Gasteiger partial charge in [0.2, 0.25) is 5.91 Å². The minimum Gasteiger partial charge on any atom is -0.478 e. The SMILES string of the molecule is CCC(Sc1ncccn1)C(=O)Nc1cc(C(=O)O)ccc1Cl. The van der Waals surface area contributed by atoms with Crippen molar-refractivity contribution in [1.82, 2.24) is 9.97 Å². The Balaban J connectivity index is 2.13. The van der Waals surface area contributed by atoms with Crippen LogP contribution in [0.2, 0.25) is 5.02 Å². The molecule has 0 aliphatic rings. The number of hydrogen-bond donors (Lipinski definition) is 2. The quantitative estimate of drug-likeness (QED) is 0.612. The predicted molar refractivity (Wildman–Crippen MR) is 89.0 cm³/mol. The van der Waals surface area contributed by atoms with Crippen LogP contribution in [0, 0.1) is 0 Å². The maximum Gasteiger partial charge on any atom is 0.335 e. The van der Waals surface area contributed by atoms with Crippen molar-refractivity contribution in [2.45, 2.75) is 23.8 Å². The Labute approximate surface area is 142 Å². The molecule has 1 atom stereocenters. The number of aromatic carboxylic acids is 1. The number of carboxylic acids is 1. The third kappa shape index (κ3) is 4.67. The number of carbonyl (C=O) groups is 2. The van der Waals surface area contributed by atoms with Crippen LogP contribution in [0.3, 0.4) is 0 Å². The number of amides is 1. The summed E-state index contributed by atoms with van der Waals surface area (Å²) in [6.45, 7) is 1.87. The van der Waals surface area contributed by atoms with Crippen molar-refractivity contribution >= 4 is 40.9 Å². The van der Waals surface area contributed by atoms with E-state index < -0.39 is 11.2 Å². The molecule has 2 rings (SSSR count). The summed E-state index contributed by atoms with van der Waals surface area (Å²) in [6.07, 6.45) is 3.77. The maximum absolute atomic E-state index is 12.4. The number of thioether (sulfide) groups is 1. The van der Waals surface area contributed by atoms with Gasteiger partial charge in [0.25, 0.3) is 0 Å². The number of hydrogen-bond acceptors (Lipinski definition) is 5. The van der Waals surface area contributed by atoms with Gasteiger partial charge in [-0.1, -0.05) is 30.3 Å². The summed E-state index contributed by atoms with van der Waals surface area (Å²) in [6, 6.07) is 5.85. The van der Waals surface area contributed by atoms with E-state index in [2.05, 4.69) is 15.3 Å². The largest absolute Gasteiger partial charge is 0.478 e. The number of halogens is 1. The molecule has 23 heavy (non-hydrogen) atoms. The number of carbonyl (C=O) groups excluding carboxylic acids is 1. The highest BCUT2D eigenvalue weighted by molar-refractivity contribution is 8.00. The molecule has 0 spiro atoms. The van der Waals surface area contributed by atoms with E-state index in [1.54, 1.807) is 18.5 Å². The molecule has 0 radical (unpaired) electrons. The second-order valence-corrected chi connectivity index (χ2v) is 6.11. The molecule has 6 nitrogen and oxygen atoms in total. The van der Waals surface area contributed by atoms with Crippen LogP contribution >= 0.6 is 23.4 Å². The van der Waals surface area contributed by atoms with E-state index in [4.69, 9.17) is 16.7 Å². The van der Waals surface area contributed by atoms with Gasteiger partial charge in [0.05, 0.1) is 21.5 Å². The molecule has 0 saturated carbocycles. The normalized spacial score (nSPS) is 11.7. The fourth-order valence-electron chi connectivity index (χ4n) is 1.76. The van der Waals surface area contributed by atoms with E-state index in [0.717, 1.165) is 0 Å². The van der Waals surface area contributed by atoms with Crippen molar-refractivity contribution in [3.05, 3.63) is 47.2 Å². The molecule has 1 amide bonds. The van der Waals surface area contributed by atoms with Crippen LogP contribution in [-0.2, 0) is 4.79 Å². The standard InChI is InChI=1S/C15H14ClN3O3S/c1-2-12(23-15-17-6-3-7-18-15)13(20)19-11-8-9(14(21)22)4-5-10(11)16/h3-8,12H,2H2,1H3,(H,19,20)(H,21,22). The highest BCUT2D eigenvalue weighted by atomic mass is 35.5. The highest BCUT2D eigenvalue weighted by Crippen LogP contribution is 2.26. The van der Waals surface area contributed by atoms with E-state index in [1.165, 1.54) is 30.0 Å². The van der Waals surface area contributed by atoms with E-state index in [0.29, 0.717) is 11.6 Å². The van der Waals surface area contributed by atoms with Gasteiger partial charge in [-0.3, -0.25) is 4.79 Å². The smallest absolute Gasteiger partial charge is 0.335 e. The van der Waals surface area contributed by atoms with Crippen molar-refractivity contribution in [2.75, 3.05) is 5.32 Å². The van der Waals surface area contributed by atoms with Crippen LogP contribution in [0.25, 0.3) is 0 Å². The van der Waals surface area contributed by atoms with E-state index >= 15 is 0 Å². The van der Waals surface area contributed by atoms with Crippen molar-refractivity contribution in [3.63, 3.8) is 0 Å². The van der Waals surface area contributed by atoms with Gasteiger partial charge in [0.15, 0.2) is 5.16 Å². The average Bonchev–Trinajstić information content (AvgIpc) is 2.55. The molecule has 1 aromatic heterocycles. The maximum atomic E-state index is 12.4. The average molecular weight is 352 g/mol. The first-order valence-corrected chi connectivity index (χ1v) is 8.04. The highest BCUT2D eigenvalue weighted by Gasteiger charge is 2.20. The molecule has 0 aliphatic carbocycles. The molecule has 2 aromatic rings.